The number of aliphatic carboxylic acids is 1. The molecule has 0 heterocycles. The maximum absolute atomic E-state index is 9.68. The Morgan fingerprint density at radius 3 is 1.32 bits per heavy atom. The molecule has 2 amide bonds. The van der Waals surface area contributed by atoms with Crippen LogP contribution in [0.15, 0.2) is 0 Å². The second kappa shape index (κ2) is 16.0. The van der Waals surface area contributed by atoms with Gasteiger partial charge in [-0.15, -0.1) is 0 Å². The fraction of sp³-hybridized carbons (Fsp3) is 0.700. The van der Waals surface area contributed by atoms with Gasteiger partial charge < -0.3 is 31.2 Å². The number of carbonyl (C=O) groups is 3. The van der Waals surface area contributed by atoms with Crippen LogP contribution in [0.4, 0.5) is 9.59 Å². The van der Waals surface area contributed by atoms with Crippen LogP contribution in [0.25, 0.3) is 0 Å². The van der Waals surface area contributed by atoms with E-state index in [2.05, 4.69) is 20.9 Å². The van der Waals surface area contributed by atoms with Crippen LogP contribution in [0.3, 0.4) is 0 Å². The quantitative estimate of drug-likeness (QED) is 0.565. The van der Waals surface area contributed by atoms with E-state index in [1.54, 1.807) is 20.8 Å². The van der Waals surface area contributed by atoms with Gasteiger partial charge in [-0.2, -0.15) is 0 Å². The predicted octanol–water partition coefficient (Wildman–Crippen LogP) is 0.0451. The Labute approximate surface area is 111 Å². The standard InChI is InChI=1S/C4H8O3.2C3H7NO2/c1-2-3(5)4(6)7;2*1-2-6-3(4)5/h3,5H,2H2,1H3,(H,6,7);2*2H2,1H3,(H2,4,5). The van der Waals surface area contributed by atoms with Crippen LogP contribution in [0.5, 0.6) is 0 Å². The molecule has 0 aromatic carbocycles. The normalized spacial score (nSPS) is 9.68. The molecule has 1 atom stereocenters. The number of ether oxygens (including phenoxy) is 2. The molecule has 0 spiro atoms. The Morgan fingerprint density at radius 1 is 1.00 bits per heavy atom. The second-order valence-electron chi connectivity index (χ2n) is 2.77. The summed E-state index contributed by atoms with van der Waals surface area (Å²) < 4.78 is 8.36. The molecular weight excluding hydrogens is 260 g/mol. The number of carboxylic acid groups (broad SMARTS) is 1. The lowest BCUT2D eigenvalue weighted by Crippen LogP contribution is -2.17. The Bertz CT molecular complexity index is 242. The van der Waals surface area contributed by atoms with Crippen molar-refractivity contribution in [2.45, 2.75) is 33.3 Å². The Balaban J connectivity index is -0.000000203. The molecule has 0 aromatic heterocycles. The first kappa shape index (κ1) is 22.2. The van der Waals surface area contributed by atoms with Crippen molar-refractivity contribution in [2.24, 2.45) is 11.5 Å². The molecule has 6 N–H and O–H groups in total. The topological polar surface area (TPSA) is 162 Å². The lowest BCUT2D eigenvalue weighted by atomic mass is 10.3. The third-order valence-corrected chi connectivity index (χ3v) is 1.24. The molecular formula is C10H22N2O7. The zero-order valence-electron chi connectivity index (χ0n) is 11.3. The fourth-order valence-electron chi connectivity index (χ4n) is 0.459. The van der Waals surface area contributed by atoms with Gasteiger partial charge in [-0.3, -0.25) is 0 Å². The summed E-state index contributed by atoms with van der Waals surface area (Å²) in [4.78, 5) is 28.9. The minimum absolute atomic E-state index is 0.273. The van der Waals surface area contributed by atoms with Crippen LogP contribution >= 0.6 is 0 Å². The van der Waals surface area contributed by atoms with E-state index in [0.717, 1.165) is 0 Å². The lowest BCUT2D eigenvalue weighted by Gasteiger charge is -1.95. The number of rotatable bonds is 4. The molecule has 9 nitrogen and oxygen atoms in total. The monoisotopic (exact) mass is 282 g/mol. The average molecular weight is 282 g/mol. The molecule has 1 unspecified atom stereocenters. The number of amides is 2. The van der Waals surface area contributed by atoms with E-state index in [9.17, 15) is 14.4 Å². The van der Waals surface area contributed by atoms with E-state index in [0.29, 0.717) is 13.2 Å². The van der Waals surface area contributed by atoms with E-state index in [4.69, 9.17) is 10.2 Å². The number of hydrogen-bond donors (Lipinski definition) is 4. The highest BCUT2D eigenvalue weighted by Crippen LogP contribution is 1.86. The van der Waals surface area contributed by atoms with E-state index in [1.165, 1.54) is 0 Å². The summed E-state index contributed by atoms with van der Waals surface area (Å²) in [6, 6.07) is 0. The molecule has 0 saturated heterocycles. The van der Waals surface area contributed by atoms with Gasteiger partial charge in [0.15, 0.2) is 6.10 Å². The third-order valence-electron chi connectivity index (χ3n) is 1.24. The first-order valence-electron chi connectivity index (χ1n) is 5.48. The second-order valence-corrected chi connectivity index (χ2v) is 2.77. The summed E-state index contributed by atoms with van der Waals surface area (Å²) in [6.45, 7) is 5.72. The highest BCUT2D eigenvalue weighted by atomic mass is 16.5. The molecule has 0 aliphatic carbocycles. The van der Waals surface area contributed by atoms with Crippen molar-refractivity contribution in [1.29, 1.82) is 0 Å². The molecule has 0 radical (unpaired) electrons. The molecule has 0 aliphatic heterocycles. The molecule has 0 aliphatic rings. The number of nitrogens with two attached hydrogens (primary N) is 2. The van der Waals surface area contributed by atoms with Gasteiger partial charge in [0.2, 0.25) is 0 Å². The number of carbonyl (C=O) groups excluding carboxylic acids is 2. The molecule has 0 bridgehead atoms. The van der Waals surface area contributed by atoms with Gasteiger partial charge >= 0.3 is 18.2 Å². The number of aliphatic hydroxyl groups is 1. The summed E-state index contributed by atoms with van der Waals surface area (Å²) in [6.07, 6.45) is -2.33. The zero-order chi connectivity index (χ0) is 15.8. The van der Waals surface area contributed by atoms with Gasteiger partial charge in [0, 0.05) is 0 Å². The van der Waals surface area contributed by atoms with E-state index in [-0.39, 0.29) is 6.42 Å². The first-order chi connectivity index (χ1) is 8.72. The molecule has 19 heavy (non-hydrogen) atoms. The zero-order valence-corrected chi connectivity index (χ0v) is 11.3. The number of hydrogen-bond acceptors (Lipinski definition) is 6. The highest BCUT2D eigenvalue weighted by Gasteiger charge is 2.07. The van der Waals surface area contributed by atoms with E-state index >= 15 is 0 Å². The fourth-order valence-corrected chi connectivity index (χ4v) is 0.459. The molecule has 0 aromatic rings. The smallest absolute Gasteiger partial charge is 0.404 e. The van der Waals surface area contributed by atoms with Crippen LogP contribution in [0, 0.1) is 0 Å². The van der Waals surface area contributed by atoms with Crippen molar-refractivity contribution in [2.75, 3.05) is 13.2 Å². The largest absolute Gasteiger partial charge is 0.479 e. The van der Waals surface area contributed by atoms with Crippen molar-refractivity contribution in [3.63, 3.8) is 0 Å². The third kappa shape index (κ3) is 31.4. The predicted molar refractivity (Wildman–Crippen MR) is 66.4 cm³/mol. The van der Waals surface area contributed by atoms with Gasteiger partial charge in [0.1, 0.15) is 0 Å². The molecule has 0 saturated carbocycles. The van der Waals surface area contributed by atoms with Crippen molar-refractivity contribution in [3.05, 3.63) is 0 Å². The maximum Gasteiger partial charge on any atom is 0.404 e. The van der Waals surface area contributed by atoms with Gasteiger partial charge in [0.25, 0.3) is 0 Å². The lowest BCUT2D eigenvalue weighted by molar-refractivity contribution is -0.146. The summed E-state index contributed by atoms with van der Waals surface area (Å²) in [5.41, 5.74) is 9.08. The van der Waals surface area contributed by atoms with Gasteiger partial charge in [-0.05, 0) is 20.3 Å². The van der Waals surface area contributed by atoms with Crippen LogP contribution in [0.2, 0.25) is 0 Å². The van der Waals surface area contributed by atoms with Crippen molar-refractivity contribution >= 4 is 18.2 Å². The molecule has 0 rings (SSSR count). The van der Waals surface area contributed by atoms with Crippen LogP contribution in [-0.2, 0) is 14.3 Å². The van der Waals surface area contributed by atoms with Crippen molar-refractivity contribution < 1.29 is 34.1 Å². The summed E-state index contributed by atoms with van der Waals surface area (Å²) >= 11 is 0. The van der Waals surface area contributed by atoms with Gasteiger partial charge in [0.05, 0.1) is 13.2 Å². The highest BCUT2D eigenvalue weighted by molar-refractivity contribution is 5.71. The number of carboxylic acids is 1. The minimum Gasteiger partial charge on any atom is -0.479 e. The average Bonchev–Trinajstić information content (AvgIpc) is 2.29. The Hall–Kier alpha value is -2.03. The minimum atomic E-state index is -1.18. The van der Waals surface area contributed by atoms with E-state index in [1.807, 2.05) is 0 Å². The number of aliphatic hydroxyl groups excluding tert-OH is 1. The molecule has 9 heteroatoms. The first-order valence-corrected chi connectivity index (χ1v) is 5.48. The van der Waals surface area contributed by atoms with Gasteiger partial charge in [-0.25, -0.2) is 14.4 Å². The SMILES string of the molecule is CCC(O)C(=O)O.CCOC(N)=O.CCOC(N)=O. The van der Waals surface area contributed by atoms with Crippen molar-refractivity contribution in [1.82, 2.24) is 0 Å². The summed E-state index contributed by atoms with van der Waals surface area (Å²) in [5, 5.41) is 16.3. The van der Waals surface area contributed by atoms with Crippen molar-refractivity contribution in [3.8, 4) is 0 Å². The van der Waals surface area contributed by atoms with Crippen LogP contribution in [-0.4, -0.2) is 47.7 Å². The summed E-state index contributed by atoms with van der Waals surface area (Å²) in [5.74, 6) is -1.15. The van der Waals surface area contributed by atoms with Gasteiger partial charge in [-0.1, -0.05) is 6.92 Å². The summed E-state index contributed by atoms with van der Waals surface area (Å²) in [7, 11) is 0. The Kier molecular flexibility index (Phi) is 18.6. The number of primary amides is 2. The van der Waals surface area contributed by atoms with E-state index < -0.39 is 24.3 Å². The Morgan fingerprint density at radius 2 is 1.32 bits per heavy atom. The molecule has 114 valence electrons. The molecule has 0 fully saturated rings. The van der Waals surface area contributed by atoms with Crippen LogP contribution < -0.4 is 11.5 Å². The maximum atomic E-state index is 9.68. The van der Waals surface area contributed by atoms with Crippen LogP contribution in [0.1, 0.15) is 27.2 Å².